The molecule has 0 atom stereocenters. The molecule has 0 amide bonds. The number of hydrogen-bond acceptors (Lipinski definition) is 3. The van der Waals surface area contributed by atoms with Crippen LogP contribution in [0.2, 0.25) is 0 Å². The van der Waals surface area contributed by atoms with Gasteiger partial charge in [0.15, 0.2) is 5.69 Å². The first-order valence-electron chi connectivity index (χ1n) is 3.35. The summed E-state index contributed by atoms with van der Waals surface area (Å²) in [6.07, 6.45) is 1.64. The number of aromatic nitrogens is 1. The van der Waals surface area contributed by atoms with Gasteiger partial charge < -0.3 is 4.74 Å². The number of nitrogens with zero attached hydrogens (tertiary/aromatic N) is 1. The Morgan fingerprint density at radius 3 is 2.83 bits per heavy atom. The lowest BCUT2D eigenvalue weighted by Crippen LogP contribution is -2.06. The monoisotopic (exact) mass is 277 g/mol. The lowest BCUT2D eigenvalue weighted by Gasteiger charge is -2.01. The van der Waals surface area contributed by atoms with Gasteiger partial charge in [0.1, 0.15) is 0 Å². The quantitative estimate of drug-likeness (QED) is 0.580. The van der Waals surface area contributed by atoms with Crippen molar-refractivity contribution in [2.75, 3.05) is 7.11 Å². The van der Waals surface area contributed by atoms with Gasteiger partial charge in [0, 0.05) is 9.77 Å². The maximum atomic E-state index is 11.1. The van der Waals surface area contributed by atoms with Crippen LogP contribution in [0.4, 0.5) is 0 Å². The van der Waals surface area contributed by atoms with Crippen LogP contribution >= 0.6 is 22.6 Å². The van der Waals surface area contributed by atoms with Crippen LogP contribution in [0.3, 0.4) is 0 Å². The van der Waals surface area contributed by atoms with Gasteiger partial charge in [0.25, 0.3) is 0 Å². The molecule has 0 saturated carbocycles. The van der Waals surface area contributed by atoms with Crippen molar-refractivity contribution in [3.8, 4) is 0 Å². The molecule has 0 aliphatic heterocycles. The molecule has 1 rings (SSSR count). The van der Waals surface area contributed by atoms with Crippen molar-refractivity contribution in [2.24, 2.45) is 0 Å². The van der Waals surface area contributed by atoms with E-state index < -0.39 is 0 Å². The van der Waals surface area contributed by atoms with E-state index in [4.69, 9.17) is 0 Å². The molecule has 0 aliphatic rings. The van der Waals surface area contributed by atoms with Crippen LogP contribution in [0.25, 0.3) is 0 Å². The summed E-state index contributed by atoms with van der Waals surface area (Å²) >= 11 is 2.14. The van der Waals surface area contributed by atoms with Gasteiger partial charge in [-0.1, -0.05) is 0 Å². The third kappa shape index (κ3) is 1.94. The second kappa shape index (κ2) is 3.84. The summed E-state index contributed by atoms with van der Waals surface area (Å²) in [5.74, 6) is -0.385. The summed E-state index contributed by atoms with van der Waals surface area (Å²) in [6.45, 7) is 1.83. The van der Waals surface area contributed by atoms with E-state index in [0.29, 0.717) is 5.69 Å². The van der Waals surface area contributed by atoms with E-state index >= 15 is 0 Å². The lowest BCUT2D eigenvalue weighted by molar-refractivity contribution is 0.0593. The summed E-state index contributed by atoms with van der Waals surface area (Å²) in [4.78, 5) is 15.0. The largest absolute Gasteiger partial charge is 0.464 e. The van der Waals surface area contributed by atoms with E-state index in [1.54, 1.807) is 6.20 Å². The van der Waals surface area contributed by atoms with E-state index in [2.05, 4.69) is 32.3 Å². The first-order valence-corrected chi connectivity index (χ1v) is 4.43. The van der Waals surface area contributed by atoms with Gasteiger partial charge in [-0.3, -0.25) is 0 Å². The third-order valence-electron chi connectivity index (χ3n) is 1.42. The predicted octanol–water partition coefficient (Wildman–Crippen LogP) is 1.78. The average molecular weight is 277 g/mol. The number of esters is 1. The zero-order chi connectivity index (χ0) is 9.14. The van der Waals surface area contributed by atoms with Crippen LogP contribution in [0.1, 0.15) is 16.1 Å². The second-order valence-corrected chi connectivity index (χ2v) is 3.56. The van der Waals surface area contributed by atoms with E-state index in [0.717, 1.165) is 9.13 Å². The summed E-state index contributed by atoms with van der Waals surface area (Å²) < 4.78 is 5.56. The standard InChI is InChI=1S/C8H8INO2/c1-5-3-6(9)4-10-7(5)8(11)12-2/h3-4H,1-2H3. The molecule has 0 N–H and O–H groups in total. The number of methoxy groups -OCH3 is 1. The van der Waals surface area contributed by atoms with Gasteiger partial charge in [0.05, 0.1) is 7.11 Å². The minimum Gasteiger partial charge on any atom is -0.464 e. The van der Waals surface area contributed by atoms with Gasteiger partial charge in [-0.25, -0.2) is 9.78 Å². The SMILES string of the molecule is COC(=O)c1ncc(I)cc1C. The topological polar surface area (TPSA) is 39.2 Å². The fraction of sp³-hybridized carbons (Fsp3) is 0.250. The number of carbonyl (C=O) groups excluding carboxylic acids is 1. The van der Waals surface area contributed by atoms with E-state index in [1.807, 2.05) is 13.0 Å². The van der Waals surface area contributed by atoms with Crippen molar-refractivity contribution in [1.29, 1.82) is 0 Å². The summed E-state index contributed by atoms with van der Waals surface area (Å²) in [5, 5.41) is 0. The molecule has 1 heterocycles. The van der Waals surface area contributed by atoms with Crippen molar-refractivity contribution in [1.82, 2.24) is 4.98 Å². The Bertz CT molecular complexity index is 312. The maximum Gasteiger partial charge on any atom is 0.356 e. The number of rotatable bonds is 1. The highest BCUT2D eigenvalue weighted by atomic mass is 127. The highest BCUT2D eigenvalue weighted by molar-refractivity contribution is 14.1. The van der Waals surface area contributed by atoms with E-state index in [-0.39, 0.29) is 5.97 Å². The molecule has 0 unspecified atom stereocenters. The van der Waals surface area contributed by atoms with Crippen LogP contribution in [0.5, 0.6) is 0 Å². The zero-order valence-electron chi connectivity index (χ0n) is 6.80. The minimum atomic E-state index is -0.385. The molecule has 0 aromatic carbocycles. The summed E-state index contributed by atoms with van der Waals surface area (Å²) in [5.41, 5.74) is 1.23. The minimum absolute atomic E-state index is 0.385. The van der Waals surface area contributed by atoms with Crippen LogP contribution in [0, 0.1) is 10.5 Å². The van der Waals surface area contributed by atoms with Crippen molar-refractivity contribution < 1.29 is 9.53 Å². The van der Waals surface area contributed by atoms with Crippen molar-refractivity contribution in [3.63, 3.8) is 0 Å². The van der Waals surface area contributed by atoms with Gasteiger partial charge in [-0.05, 0) is 41.1 Å². The average Bonchev–Trinajstić information content (AvgIpc) is 2.03. The fourth-order valence-electron chi connectivity index (χ4n) is 0.851. The third-order valence-corrected chi connectivity index (χ3v) is 2.01. The Kier molecular flexibility index (Phi) is 3.02. The normalized spacial score (nSPS) is 9.58. The Hall–Kier alpha value is -0.650. The zero-order valence-corrected chi connectivity index (χ0v) is 8.95. The molecule has 3 nitrogen and oxygen atoms in total. The smallest absolute Gasteiger partial charge is 0.356 e. The second-order valence-electron chi connectivity index (χ2n) is 2.31. The number of halogens is 1. The van der Waals surface area contributed by atoms with Gasteiger partial charge >= 0.3 is 5.97 Å². The van der Waals surface area contributed by atoms with Crippen LogP contribution in [-0.4, -0.2) is 18.1 Å². The Balaban J connectivity index is 3.09. The maximum absolute atomic E-state index is 11.1. The Morgan fingerprint density at radius 1 is 1.67 bits per heavy atom. The van der Waals surface area contributed by atoms with Crippen LogP contribution in [-0.2, 0) is 4.74 Å². The highest BCUT2D eigenvalue weighted by Crippen LogP contribution is 2.10. The van der Waals surface area contributed by atoms with Crippen LogP contribution in [0.15, 0.2) is 12.3 Å². The van der Waals surface area contributed by atoms with E-state index in [1.165, 1.54) is 7.11 Å². The van der Waals surface area contributed by atoms with Crippen molar-refractivity contribution in [3.05, 3.63) is 27.1 Å². The molecular weight excluding hydrogens is 269 g/mol. The molecule has 0 saturated heterocycles. The number of aryl methyl sites for hydroxylation is 1. The molecule has 64 valence electrons. The molecule has 4 heteroatoms. The number of pyridine rings is 1. The molecule has 0 radical (unpaired) electrons. The molecule has 0 spiro atoms. The molecule has 12 heavy (non-hydrogen) atoms. The molecule has 1 aromatic rings. The van der Waals surface area contributed by atoms with Gasteiger partial charge in [-0.15, -0.1) is 0 Å². The first kappa shape index (κ1) is 9.44. The number of carbonyl (C=O) groups is 1. The predicted molar refractivity (Wildman–Crippen MR) is 53.0 cm³/mol. The highest BCUT2D eigenvalue weighted by Gasteiger charge is 2.09. The van der Waals surface area contributed by atoms with Gasteiger partial charge in [0.2, 0.25) is 0 Å². The van der Waals surface area contributed by atoms with E-state index in [9.17, 15) is 4.79 Å². The molecule has 1 aromatic heterocycles. The van der Waals surface area contributed by atoms with Crippen molar-refractivity contribution >= 4 is 28.6 Å². The van der Waals surface area contributed by atoms with Gasteiger partial charge in [-0.2, -0.15) is 0 Å². The van der Waals surface area contributed by atoms with Crippen molar-refractivity contribution in [2.45, 2.75) is 6.92 Å². The summed E-state index contributed by atoms with van der Waals surface area (Å²) in [7, 11) is 1.35. The molecule has 0 aliphatic carbocycles. The Morgan fingerprint density at radius 2 is 2.33 bits per heavy atom. The fourth-order valence-corrected chi connectivity index (χ4v) is 1.46. The summed E-state index contributed by atoms with van der Waals surface area (Å²) in [6, 6.07) is 1.89. The molecule has 0 fully saturated rings. The molecule has 0 bridgehead atoms. The lowest BCUT2D eigenvalue weighted by atomic mass is 10.2. The number of ether oxygens (including phenoxy) is 1. The van der Waals surface area contributed by atoms with Crippen LogP contribution < -0.4 is 0 Å². The number of hydrogen-bond donors (Lipinski definition) is 0. The Labute approximate surface area is 84.3 Å². The first-order chi connectivity index (χ1) is 5.65. The molecular formula is C8H8INO2.